The first-order valence-corrected chi connectivity index (χ1v) is 7.70. The minimum atomic E-state index is -0.477. The van der Waals surface area contributed by atoms with Crippen molar-refractivity contribution < 1.29 is 13.9 Å². The van der Waals surface area contributed by atoms with Gasteiger partial charge in [-0.1, -0.05) is 36.4 Å². The predicted octanol–water partition coefficient (Wildman–Crippen LogP) is 3.57. The summed E-state index contributed by atoms with van der Waals surface area (Å²) in [6.07, 6.45) is 0. The molecule has 1 heterocycles. The molecule has 0 aliphatic heterocycles. The van der Waals surface area contributed by atoms with Crippen LogP contribution in [0.2, 0.25) is 0 Å². The van der Waals surface area contributed by atoms with Crippen molar-refractivity contribution in [2.24, 2.45) is 5.73 Å². The molecule has 4 nitrogen and oxygen atoms in total. The van der Waals surface area contributed by atoms with Crippen molar-refractivity contribution >= 4 is 5.69 Å². The van der Waals surface area contributed by atoms with E-state index in [4.69, 9.17) is 15.3 Å². The van der Waals surface area contributed by atoms with Gasteiger partial charge in [0.05, 0.1) is 6.04 Å². The fraction of sp³-hybridized carbons (Fsp3) is 0.158. The van der Waals surface area contributed by atoms with Crippen LogP contribution in [0.3, 0.4) is 0 Å². The maximum absolute atomic E-state index is 13.8. The van der Waals surface area contributed by atoms with Crippen LogP contribution < -0.4 is 11.1 Å². The quantitative estimate of drug-likeness (QED) is 0.647. The number of para-hydroxylation sites is 1. The Morgan fingerprint density at radius 2 is 1.79 bits per heavy atom. The summed E-state index contributed by atoms with van der Waals surface area (Å²) in [6.45, 7) is 0.191. The molecule has 24 heavy (non-hydrogen) atoms. The number of furan rings is 1. The largest absolute Gasteiger partial charge is 0.462 e. The summed E-state index contributed by atoms with van der Waals surface area (Å²) in [5.41, 5.74) is 8.53. The number of anilines is 1. The second-order valence-electron chi connectivity index (χ2n) is 5.47. The highest BCUT2D eigenvalue weighted by molar-refractivity contribution is 5.54. The van der Waals surface area contributed by atoms with Crippen LogP contribution in [0.15, 0.2) is 65.1 Å². The van der Waals surface area contributed by atoms with E-state index in [1.165, 1.54) is 6.07 Å². The van der Waals surface area contributed by atoms with Gasteiger partial charge in [0.2, 0.25) is 0 Å². The Morgan fingerprint density at radius 1 is 1.04 bits per heavy atom. The molecule has 124 valence electrons. The monoisotopic (exact) mass is 326 g/mol. The van der Waals surface area contributed by atoms with Crippen LogP contribution in [-0.2, 0) is 13.2 Å². The highest BCUT2D eigenvalue weighted by Crippen LogP contribution is 2.28. The Labute approximate surface area is 139 Å². The third-order valence-corrected chi connectivity index (χ3v) is 3.87. The summed E-state index contributed by atoms with van der Waals surface area (Å²) in [5.74, 6) is 0.793. The van der Waals surface area contributed by atoms with Crippen molar-refractivity contribution in [1.82, 2.24) is 0 Å². The van der Waals surface area contributed by atoms with Gasteiger partial charge in [0, 0.05) is 17.8 Å². The van der Waals surface area contributed by atoms with Crippen molar-refractivity contribution in [3.8, 4) is 0 Å². The Morgan fingerprint density at radius 3 is 2.54 bits per heavy atom. The molecular formula is C19H19FN2O2. The summed E-state index contributed by atoms with van der Waals surface area (Å²) < 4.78 is 19.3. The molecule has 0 radical (unpaired) electrons. The molecule has 0 aliphatic carbocycles. The van der Waals surface area contributed by atoms with E-state index in [0.29, 0.717) is 23.6 Å². The second kappa shape index (κ2) is 7.29. The molecule has 0 bridgehead atoms. The molecule has 4 N–H and O–H groups in total. The maximum Gasteiger partial charge on any atom is 0.129 e. The van der Waals surface area contributed by atoms with Crippen molar-refractivity contribution in [3.05, 3.63) is 89.1 Å². The van der Waals surface area contributed by atoms with Gasteiger partial charge in [-0.3, -0.25) is 0 Å². The normalized spacial score (nSPS) is 12.1. The standard InChI is InChI=1S/C19H19FN2O2/c20-16-7-3-1-5-13(16)11-22-17-8-4-2-6-15(17)19(21)18-10-9-14(12-23)24-18/h1-10,19,22-23H,11-12,21H2. The molecule has 0 saturated carbocycles. The SMILES string of the molecule is NC(c1ccc(CO)o1)c1ccccc1NCc1ccccc1F. The number of aliphatic hydroxyl groups is 1. The Bertz CT molecular complexity index is 816. The van der Waals surface area contributed by atoms with Gasteiger partial charge in [-0.15, -0.1) is 0 Å². The molecule has 0 amide bonds. The van der Waals surface area contributed by atoms with E-state index >= 15 is 0 Å². The van der Waals surface area contributed by atoms with Gasteiger partial charge in [0.25, 0.3) is 0 Å². The Balaban J connectivity index is 1.81. The van der Waals surface area contributed by atoms with Gasteiger partial charge in [0.1, 0.15) is 23.9 Å². The first kappa shape index (κ1) is 16.2. The fourth-order valence-corrected chi connectivity index (χ4v) is 2.56. The highest BCUT2D eigenvalue weighted by Gasteiger charge is 2.16. The average molecular weight is 326 g/mol. The van der Waals surface area contributed by atoms with Gasteiger partial charge in [-0.05, 0) is 29.8 Å². The van der Waals surface area contributed by atoms with Crippen LogP contribution in [0, 0.1) is 5.82 Å². The molecule has 1 aromatic heterocycles. The van der Waals surface area contributed by atoms with Crippen molar-refractivity contribution in [3.63, 3.8) is 0 Å². The Hall–Kier alpha value is -2.63. The molecule has 1 atom stereocenters. The molecule has 5 heteroatoms. The number of nitrogens with one attached hydrogen (secondary N) is 1. The first-order chi connectivity index (χ1) is 11.7. The van der Waals surface area contributed by atoms with Crippen molar-refractivity contribution in [2.45, 2.75) is 19.2 Å². The fourth-order valence-electron chi connectivity index (χ4n) is 2.56. The van der Waals surface area contributed by atoms with Gasteiger partial charge < -0.3 is 20.6 Å². The van der Waals surface area contributed by atoms with Crippen LogP contribution in [-0.4, -0.2) is 5.11 Å². The number of aliphatic hydroxyl groups excluding tert-OH is 1. The minimum absolute atomic E-state index is 0.167. The van der Waals surface area contributed by atoms with E-state index in [-0.39, 0.29) is 12.4 Å². The van der Waals surface area contributed by atoms with Crippen LogP contribution in [0.25, 0.3) is 0 Å². The summed E-state index contributed by atoms with van der Waals surface area (Å²) >= 11 is 0. The number of halogens is 1. The van der Waals surface area contributed by atoms with E-state index in [1.54, 1.807) is 30.3 Å². The molecule has 3 aromatic rings. The van der Waals surface area contributed by atoms with Crippen LogP contribution in [0.4, 0.5) is 10.1 Å². The maximum atomic E-state index is 13.8. The predicted molar refractivity (Wildman–Crippen MR) is 90.8 cm³/mol. The van der Waals surface area contributed by atoms with E-state index in [1.807, 2.05) is 24.3 Å². The number of hydrogen-bond donors (Lipinski definition) is 3. The molecule has 0 aliphatic rings. The van der Waals surface area contributed by atoms with Gasteiger partial charge in [-0.2, -0.15) is 0 Å². The number of rotatable bonds is 6. The molecular weight excluding hydrogens is 307 g/mol. The van der Waals surface area contributed by atoms with Gasteiger partial charge in [0.15, 0.2) is 0 Å². The zero-order chi connectivity index (χ0) is 16.9. The van der Waals surface area contributed by atoms with Crippen LogP contribution in [0.5, 0.6) is 0 Å². The number of nitrogens with two attached hydrogens (primary N) is 1. The molecule has 0 saturated heterocycles. The lowest BCUT2D eigenvalue weighted by molar-refractivity contribution is 0.242. The zero-order valence-corrected chi connectivity index (χ0v) is 13.1. The summed E-state index contributed by atoms with van der Waals surface area (Å²) in [6, 6.07) is 17.2. The van der Waals surface area contributed by atoms with E-state index in [2.05, 4.69) is 5.32 Å². The van der Waals surface area contributed by atoms with E-state index in [9.17, 15) is 4.39 Å². The molecule has 0 fully saturated rings. The minimum Gasteiger partial charge on any atom is -0.462 e. The van der Waals surface area contributed by atoms with Crippen molar-refractivity contribution in [2.75, 3.05) is 5.32 Å². The lowest BCUT2D eigenvalue weighted by Gasteiger charge is -2.16. The summed E-state index contributed by atoms with van der Waals surface area (Å²) in [7, 11) is 0. The molecule has 0 spiro atoms. The van der Waals surface area contributed by atoms with E-state index in [0.717, 1.165) is 11.3 Å². The molecule has 2 aromatic carbocycles. The van der Waals surface area contributed by atoms with E-state index < -0.39 is 6.04 Å². The van der Waals surface area contributed by atoms with Crippen LogP contribution in [0.1, 0.15) is 28.7 Å². The third-order valence-electron chi connectivity index (χ3n) is 3.87. The summed E-state index contributed by atoms with van der Waals surface area (Å²) in [4.78, 5) is 0. The lowest BCUT2D eigenvalue weighted by atomic mass is 10.0. The Kier molecular flexibility index (Phi) is 4.93. The number of benzene rings is 2. The average Bonchev–Trinajstić information content (AvgIpc) is 3.10. The topological polar surface area (TPSA) is 71.4 Å². The first-order valence-electron chi connectivity index (χ1n) is 7.70. The lowest BCUT2D eigenvalue weighted by Crippen LogP contribution is -2.14. The van der Waals surface area contributed by atoms with Gasteiger partial charge in [-0.25, -0.2) is 4.39 Å². The molecule has 3 rings (SSSR count). The third kappa shape index (κ3) is 3.48. The smallest absolute Gasteiger partial charge is 0.129 e. The highest BCUT2D eigenvalue weighted by atomic mass is 19.1. The zero-order valence-electron chi connectivity index (χ0n) is 13.1. The second-order valence-corrected chi connectivity index (χ2v) is 5.47. The van der Waals surface area contributed by atoms with Gasteiger partial charge >= 0.3 is 0 Å². The number of hydrogen-bond acceptors (Lipinski definition) is 4. The summed E-state index contributed by atoms with van der Waals surface area (Å²) in [5, 5.41) is 12.3. The van der Waals surface area contributed by atoms with Crippen LogP contribution >= 0.6 is 0 Å². The molecule has 1 unspecified atom stereocenters. The van der Waals surface area contributed by atoms with Crippen molar-refractivity contribution in [1.29, 1.82) is 0 Å².